The number of hydrogen-bond donors (Lipinski definition) is 0. The molecule has 1 aromatic rings. The Morgan fingerprint density at radius 3 is 2.36 bits per heavy atom. The van der Waals surface area contributed by atoms with Gasteiger partial charge in [0, 0.05) is 13.1 Å². The van der Waals surface area contributed by atoms with Gasteiger partial charge in [0.15, 0.2) is 11.5 Å². The Balaban J connectivity index is 1.79. The molecule has 1 heterocycles. The molecule has 1 aliphatic heterocycles. The Labute approximate surface area is 134 Å². The van der Waals surface area contributed by atoms with Crippen molar-refractivity contribution < 1.29 is 14.2 Å². The van der Waals surface area contributed by atoms with Crippen molar-refractivity contribution in [2.75, 3.05) is 40.5 Å². The number of benzene rings is 1. The van der Waals surface area contributed by atoms with Gasteiger partial charge in [-0.3, -0.25) is 0 Å². The summed E-state index contributed by atoms with van der Waals surface area (Å²) in [6.07, 6.45) is 2.32. The standard InChI is InChI=1S/C18H29NO3/c1-14-9-11-19(13-15(14)2)10-6-12-22-18-16(20-3)7-5-8-17(18)21-4/h5,7-8,14-15H,6,9-13H2,1-4H3/t14-,15-/m1/s1. The molecule has 2 atom stereocenters. The Morgan fingerprint density at radius 2 is 1.77 bits per heavy atom. The van der Waals surface area contributed by atoms with Crippen LogP contribution >= 0.6 is 0 Å². The molecule has 1 saturated heterocycles. The molecule has 1 aliphatic rings. The highest BCUT2D eigenvalue weighted by atomic mass is 16.5. The van der Waals surface area contributed by atoms with Crippen LogP contribution in [0.4, 0.5) is 0 Å². The fourth-order valence-corrected chi connectivity index (χ4v) is 2.97. The highest BCUT2D eigenvalue weighted by molar-refractivity contribution is 5.51. The van der Waals surface area contributed by atoms with Crippen molar-refractivity contribution in [3.05, 3.63) is 18.2 Å². The molecule has 0 saturated carbocycles. The van der Waals surface area contributed by atoms with E-state index in [1.165, 1.54) is 19.5 Å². The molecule has 4 nitrogen and oxygen atoms in total. The van der Waals surface area contributed by atoms with Gasteiger partial charge in [-0.15, -0.1) is 0 Å². The number of hydrogen-bond acceptors (Lipinski definition) is 4. The van der Waals surface area contributed by atoms with Gasteiger partial charge >= 0.3 is 0 Å². The third-order valence-electron chi connectivity index (χ3n) is 4.67. The van der Waals surface area contributed by atoms with E-state index in [0.29, 0.717) is 12.4 Å². The number of methoxy groups -OCH3 is 2. The largest absolute Gasteiger partial charge is 0.493 e. The summed E-state index contributed by atoms with van der Waals surface area (Å²) < 4.78 is 16.6. The predicted octanol–water partition coefficient (Wildman–Crippen LogP) is 3.45. The van der Waals surface area contributed by atoms with E-state index in [9.17, 15) is 0 Å². The van der Waals surface area contributed by atoms with Gasteiger partial charge in [0.2, 0.25) is 5.75 Å². The van der Waals surface area contributed by atoms with Crippen molar-refractivity contribution in [3.63, 3.8) is 0 Å². The van der Waals surface area contributed by atoms with E-state index < -0.39 is 0 Å². The monoisotopic (exact) mass is 307 g/mol. The maximum atomic E-state index is 5.91. The van der Waals surface area contributed by atoms with Crippen LogP contribution in [-0.2, 0) is 0 Å². The van der Waals surface area contributed by atoms with Crippen molar-refractivity contribution >= 4 is 0 Å². The van der Waals surface area contributed by atoms with Gasteiger partial charge in [-0.05, 0) is 43.4 Å². The average molecular weight is 307 g/mol. The van der Waals surface area contributed by atoms with E-state index in [0.717, 1.165) is 36.3 Å². The van der Waals surface area contributed by atoms with Crippen LogP contribution in [0.5, 0.6) is 17.2 Å². The van der Waals surface area contributed by atoms with Crippen LogP contribution in [0.25, 0.3) is 0 Å². The molecule has 0 N–H and O–H groups in total. The van der Waals surface area contributed by atoms with Gasteiger partial charge in [0.25, 0.3) is 0 Å². The number of ether oxygens (including phenoxy) is 3. The lowest BCUT2D eigenvalue weighted by Gasteiger charge is -2.35. The summed E-state index contributed by atoms with van der Waals surface area (Å²) >= 11 is 0. The molecule has 0 aliphatic carbocycles. The van der Waals surface area contributed by atoms with E-state index in [4.69, 9.17) is 14.2 Å². The third kappa shape index (κ3) is 4.29. The Hall–Kier alpha value is -1.42. The lowest BCUT2D eigenvalue weighted by molar-refractivity contribution is 0.130. The zero-order valence-corrected chi connectivity index (χ0v) is 14.3. The van der Waals surface area contributed by atoms with Gasteiger partial charge in [-0.25, -0.2) is 0 Å². The zero-order valence-electron chi connectivity index (χ0n) is 14.3. The van der Waals surface area contributed by atoms with Crippen LogP contribution in [0.3, 0.4) is 0 Å². The third-order valence-corrected chi connectivity index (χ3v) is 4.67. The Bertz CT molecular complexity index is 441. The molecule has 1 aromatic carbocycles. The molecule has 1 fully saturated rings. The van der Waals surface area contributed by atoms with Gasteiger partial charge in [0.05, 0.1) is 20.8 Å². The van der Waals surface area contributed by atoms with Crippen LogP contribution in [0.2, 0.25) is 0 Å². The highest BCUT2D eigenvalue weighted by Crippen LogP contribution is 2.36. The smallest absolute Gasteiger partial charge is 0.203 e. The topological polar surface area (TPSA) is 30.9 Å². The first-order valence-electron chi connectivity index (χ1n) is 8.21. The molecule has 2 rings (SSSR count). The van der Waals surface area contributed by atoms with Crippen molar-refractivity contribution in [2.45, 2.75) is 26.7 Å². The van der Waals surface area contributed by atoms with E-state index in [2.05, 4.69) is 18.7 Å². The zero-order chi connectivity index (χ0) is 15.9. The molecule has 0 spiro atoms. The molecular weight excluding hydrogens is 278 g/mol. The van der Waals surface area contributed by atoms with Crippen molar-refractivity contribution in [1.82, 2.24) is 4.90 Å². The van der Waals surface area contributed by atoms with Gasteiger partial charge in [-0.1, -0.05) is 19.9 Å². The molecular formula is C18H29NO3. The van der Waals surface area contributed by atoms with Crippen LogP contribution in [0.1, 0.15) is 26.7 Å². The van der Waals surface area contributed by atoms with E-state index >= 15 is 0 Å². The van der Waals surface area contributed by atoms with Gasteiger partial charge in [-0.2, -0.15) is 0 Å². The second-order valence-electron chi connectivity index (χ2n) is 6.24. The maximum Gasteiger partial charge on any atom is 0.203 e. The van der Waals surface area contributed by atoms with Gasteiger partial charge in [0.1, 0.15) is 0 Å². The summed E-state index contributed by atoms with van der Waals surface area (Å²) in [6.45, 7) is 8.90. The van der Waals surface area contributed by atoms with Crippen LogP contribution < -0.4 is 14.2 Å². The normalized spacial score (nSPS) is 22.4. The van der Waals surface area contributed by atoms with Gasteiger partial charge < -0.3 is 19.1 Å². The fourth-order valence-electron chi connectivity index (χ4n) is 2.97. The molecule has 124 valence electrons. The summed E-state index contributed by atoms with van der Waals surface area (Å²) in [6, 6.07) is 5.69. The number of piperidine rings is 1. The highest BCUT2D eigenvalue weighted by Gasteiger charge is 2.22. The number of likely N-dealkylation sites (tertiary alicyclic amines) is 1. The molecule has 22 heavy (non-hydrogen) atoms. The fraction of sp³-hybridized carbons (Fsp3) is 0.667. The van der Waals surface area contributed by atoms with Crippen LogP contribution in [0, 0.1) is 11.8 Å². The van der Waals surface area contributed by atoms with E-state index in [-0.39, 0.29) is 0 Å². The van der Waals surface area contributed by atoms with E-state index in [1.807, 2.05) is 18.2 Å². The predicted molar refractivity (Wildman–Crippen MR) is 89.0 cm³/mol. The van der Waals surface area contributed by atoms with Crippen LogP contribution in [0.15, 0.2) is 18.2 Å². The first-order chi connectivity index (χ1) is 10.7. The average Bonchev–Trinajstić information content (AvgIpc) is 2.54. The van der Waals surface area contributed by atoms with E-state index in [1.54, 1.807) is 14.2 Å². The summed E-state index contributed by atoms with van der Waals surface area (Å²) in [4.78, 5) is 2.55. The molecule has 0 radical (unpaired) electrons. The lowest BCUT2D eigenvalue weighted by Crippen LogP contribution is -2.39. The number of nitrogens with zero attached hydrogens (tertiary/aromatic N) is 1. The molecule has 0 aromatic heterocycles. The minimum Gasteiger partial charge on any atom is -0.493 e. The lowest BCUT2D eigenvalue weighted by atomic mass is 9.89. The second kappa shape index (κ2) is 8.28. The van der Waals surface area contributed by atoms with Crippen LogP contribution in [-0.4, -0.2) is 45.4 Å². The number of rotatable bonds is 7. The molecule has 0 amide bonds. The van der Waals surface area contributed by atoms with Crippen molar-refractivity contribution in [1.29, 1.82) is 0 Å². The summed E-state index contributed by atoms with van der Waals surface area (Å²) in [5, 5.41) is 0. The first kappa shape index (κ1) is 16.9. The molecule has 0 bridgehead atoms. The Morgan fingerprint density at radius 1 is 1.09 bits per heavy atom. The molecule has 4 heteroatoms. The minimum atomic E-state index is 0.678. The summed E-state index contributed by atoms with van der Waals surface area (Å²) in [7, 11) is 3.30. The SMILES string of the molecule is COc1cccc(OC)c1OCCCN1CC[C@@H](C)[C@H](C)C1. The first-order valence-corrected chi connectivity index (χ1v) is 8.21. The van der Waals surface area contributed by atoms with Crippen molar-refractivity contribution in [3.8, 4) is 17.2 Å². The van der Waals surface area contributed by atoms with Crippen molar-refractivity contribution in [2.24, 2.45) is 11.8 Å². The molecule has 0 unspecified atom stereocenters. The summed E-state index contributed by atoms with van der Waals surface area (Å²) in [5.74, 6) is 3.79. The quantitative estimate of drug-likeness (QED) is 0.722. The minimum absolute atomic E-state index is 0.678. The Kier molecular flexibility index (Phi) is 6.37. The second-order valence-corrected chi connectivity index (χ2v) is 6.24. The maximum absolute atomic E-state index is 5.91. The summed E-state index contributed by atoms with van der Waals surface area (Å²) in [5.41, 5.74) is 0. The number of para-hydroxylation sites is 1.